The van der Waals surface area contributed by atoms with Crippen LogP contribution in [0.1, 0.15) is 151 Å². The summed E-state index contributed by atoms with van der Waals surface area (Å²) in [5.74, 6) is 94.5. The molecule has 2 aliphatic rings. The summed E-state index contributed by atoms with van der Waals surface area (Å²) in [6.07, 6.45) is 20.4. The number of terminal acetylenes is 1. The van der Waals surface area contributed by atoms with Gasteiger partial charge in [-0.1, -0.05) is 37.3 Å². The second-order valence-corrected chi connectivity index (χ2v) is 26.9. The van der Waals surface area contributed by atoms with Crippen molar-refractivity contribution < 1.29 is 27.8 Å². The largest absolute Gasteiger partial charge is 0.368 e. The third-order valence-corrected chi connectivity index (χ3v) is 18.7. The number of aromatic amines is 4. The van der Waals surface area contributed by atoms with Gasteiger partial charge in [-0.3, -0.25) is 29.4 Å². The Kier molecular flexibility index (Phi) is 37.3. The van der Waals surface area contributed by atoms with Gasteiger partial charge < -0.3 is 40.7 Å². The van der Waals surface area contributed by atoms with E-state index in [0.717, 1.165) is 45.7 Å². The molecule has 2 aliphatic carbocycles. The van der Waals surface area contributed by atoms with E-state index >= 15 is 0 Å². The molecule has 0 aromatic carbocycles. The van der Waals surface area contributed by atoms with Crippen molar-refractivity contribution in [3.63, 3.8) is 0 Å². The number of aromatic nitrogens is 14. The molecule has 0 saturated heterocycles. The Morgan fingerprint density at radius 1 is 0.461 bits per heavy atom. The Labute approximate surface area is 741 Å². The van der Waals surface area contributed by atoms with Gasteiger partial charge in [0.25, 0.3) is 22.9 Å². The number of hydrogen-bond acceptors (Lipinski definition) is 16. The Morgan fingerprint density at radius 2 is 0.773 bits per heavy atom. The van der Waals surface area contributed by atoms with Crippen LogP contribution in [-0.4, -0.2) is 107 Å². The number of hydrogen-bond donors (Lipinski definition) is 8. The number of carbonyl (C=O) groups excluding carboxylic acids is 2. The maximum atomic E-state index is 13.6. The van der Waals surface area contributed by atoms with E-state index in [0.29, 0.717) is 108 Å². The molecular weight excluding hydrogens is 1610 g/mol. The van der Waals surface area contributed by atoms with Gasteiger partial charge in [0.2, 0.25) is 0 Å². The number of pyridine rings is 6. The molecule has 0 unspecified atom stereocenters. The molecule has 10 aromatic heterocycles. The van der Waals surface area contributed by atoms with Crippen LogP contribution in [0.2, 0.25) is 0 Å². The van der Waals surface area contributed by atoms with Gasteiger partial charge in [0.15, 0.2) is 34.9 Å². The zero-order chi connectivity index (χ0) is 90.4. The van der Waals surface area contributed by atoms with E-state index < -0.39 is 22.8 Å². The molecule has 8 N–H and O–H groups in total. The molecule has 0 spiro atoms. The zero-order valence-electron chi connectivity index (χ0n) is 70.1. The van der Waals surface area contributed by atoms with Crippen LogP contribution in [0.5, 0.6) is 0 Å². The fraction of sp³-hybridized carbons (Fsp3) is 0.235. The SMILES string of the molecule is C.C#CC#CC#CC#CC#CC#CC#CC#CC#CC#CC.CC#CC#CC#CC#CC#CC#CC#CC#CC#CC.COC1(C(=O)N[C@@H](C)c2ccc(-n3cc(F)cn3)nc2)CCC(c2nc(Nc3cc(C)[nH]n3)cc3cc[nH]c(=O)c23)CC1.COC1(C(=O)N[C@@H](C)c2ccc(-n3cc(F)cn3)nc2)CCC(c2nc(Nc3cc(C)[nH]n3)cc3cc[nH]c(=O)c23)CC1. The summed E-state index contributed by atoms with van der Waals surface area (Å²) in [7, 11) is 3.11. The number of methoxy groups -OCH3 is 2. The smallest absolute Gasteiger partial charge is 0.257 e. The predicted octanol–water partition coefficient (Wildman–Crippen LogP) is 11.0. The van der Waals surface area contributed by atoms with Crippen molar-refractivity contribution in [1.82, 2.24) is 80.5 Å². The van der Waals surface area contributed by atoms with E-state index in [9.17, 15) is 28.0 Å². The van der Waals surface area contributed by atoms with E-state index in [4.69, 9.17) is 25.9 Å². The van der Waals surface area contributed by atoms with Crippen molar-refractivity contribution in [3.05, 3.63) is 176 Å². The van der Waals surface area contributed by atoms with Crippen LogP contribution in [0.4, 0.5) is 32.1 Å². The number of amides is 2. The van der Waals surface area contributed by atoms with E-state index in [1.807, 2.05) is 76.2 Å². The minimum absolute atomic E-state index is 0. The molecule has 2 amide bonds. The number of anilines is 4. The van der Waals surface area contributed by atoms with E-state index in [2.05, 4.69) is 291 Å². The Balaban J connectivity index is 0.000000224. The molecule has 24 nitrogen and oxygen atoms in total. The zero-order valence-corrected chi connectivity index (χ0v) is 70.1. The van der Waals surface area contributed by atoms with Gasteiger partial charge >= 0.3 is 0 Å². The first-order valence-corrected chi connectivity index (χ1v) is 38.7. The Bertz CT molecular complexity index is 6900. The highest BCUT2D eigenvalue weighted by Crippen LogP contribution is 2.44. The summed E-state index contributed by atoms with van der Waals surface area (Å²) < 4.78 is 41.1. The van der Waals surface area contributed by atoms with Gasteiger partial charge in [-0.05, 0) is 348 Å². The summed E-state index contributed by atoms with van der Waals surface area (Å²) in [4.78, 5) is 77.0. The minimum Gasteiger partial charge on any atom is -0.368 e. The first kappa shape index (κ1) is 95.3. The number of fused-ring (bicyclic) bond motifs is 2. The molecule has 12 rings (SSSR count). The van der Waals surface area contributed by atoms with Gasteiger partial charge in [-0.25, -0.2) is 38.1 Å². The quantitative estimate of drug-likeness (QED) is 0.0417. The number of aryl methyl sites for hydroxylation is 2. The van der Waals surface area contributed by atoms with Crippen molar-refractivity contribution in [3.8, 4) is 237 Å². The number of ether oxygens (including phenoxy) is 2. The molecule has 2 fully saturated rings. The molecule has 26 heteroatoms. The van der Waals surface area contributed by atoms with Crippen molar-refractivity contribution in [2.75, 3.05) is 24.9 Å². The van der Waals surface area contributed by atoms with Crippen LogP contribution in [0.25, 0.3) is 33.2 Å². The summed E-state index contributed by atoms with van der Waals surface area (Å²) in [6.45, 7) is 12.7. The average Bonchev–Trinajstić information content (AvgIpc) is 1.50. The molecule has 2 saturated carbocycles. The number of nitrogens with one attached hydrogen (secondary N) is 8. The Hall–Kier alpha value is -18.2. The lowest BCUT2D eigenvalue weighted by Crippen LogP contribution is -2.50. The first-order valence-electron chi connectivity index (χ1n) is 38.7. The van der Waals surface area contributed by atoms with Crippen LogP contribution >= 0.6 is 0 Å². The summed E-state index contributed by atoms with van der Waals surface area (Å²) in [5.41, 5.74) is 2.35. The lowest BCUT2D eigenvalue weighted by Gasteiger charge is -2.38. The molecule has 0 aliphatic heterocycles. The van der Waals surface area contributed by atoms with Crippen LogP contribution < -0.4 is 32.4 Å². The van der Waals surface area contributed by atoms with E-state index in [1.54, 1.807) is 71.9 Å². The highest BCUT2D eigenvalue weighted by molar-refractivity contribution is 5.89. The van der Waals surface area contributed by atoms with Crippen LogP contribution in [0.3, 0.4) is 0 Å². The standard InChI is InChI=1S/2C30H32FN9O3.C21H4.C20H6.CH4/c2*1-17-12-24(39-38-17)36-23-13-20-8-11-32-28(41)26(20)27(37-23)19-6-9-30(43-3,10-7-19)29(42)35-18(2)21-4-5-25(33-14-21)40-16-22(31)15-34-40;1-3-5-7-9-11-13-15-17-19-21-20-18-16-14-12-10-8-6-4-2;1-3-5-7-9-11-13-15-17-19-20-18-16-14-12-10-8-6-4-2;/h2*4-5,8,11-16,18-19H,6-7,9-10H2,1-3H3,(H,32,41)(H,35,42)(H2,36,37,38,39);1H,2H3;1-2H3;1H4/t2*18-,19?,30?;;;/m00.../s1. The van der Waals surface area contributed by atoms with Crippen LogP contribution in [0, 0.1) is 251 Å². The monoisotopic (exact) mass is 1690 g/mol. The Morgan fingerprint density at radius 3 is 1.03 bits per heavy atom. The minimum atomic E-state index is -1.02. The number of carbonyl (C=O) groups is 2. The number of rotatable bonds is 16. The molecule has 626 valence electrons. The van der Waals surface area contributed by atoms with Crippen molar-refractivity contribution in [1.29, 1.82) is 0 Å². The van der Waals surface area contributed by atoms with Crippen LogP contribution in [-0.2, 0) is 19.1 Å². The van der Waals surface area contributed by atoms with Crippen molar-refractivity contribution in [2.24, 2.45) is 0 Å². The third-order valence-electron chi connectivity index (χ3n) is 18.7. The molecule has 128 heavy (non-hydrogen) atoms. The molecule has 0 bridgehead atoms. The fourth-order valence-corrected chi connectivity index (χ4v) is 12.6. The summed E-state index contributed by atoms with van der Waals surface area (Å²) >= 11 is 0. The molecule has 0 radical (unpaired) electrons. The van der Waals surface area contributed by atoms with Gasteiger partial charge in [0.1, 0.15) is 22.8 Å². The second-order valence-electron chi connectivity index (χ2n) is 26.9. The van der Waals surface area contributed by atoms with Gasteiger partial charge in [-0.15, -0.1) is 6.42 Å². The highest BCUT2D eigenvalue weighted by atomic mass is 19.1. The summed E-state index contributed by atoms with van der Waals surface area (Å²) in [5, 5.41) is 37.4. The van der Waals surface area contributed by atoms with Crippen molar-refractivity contribution >= 4 is 56.6 Å². The third kappa shape index (κ3) is 28.8. The maximum absolute atomic E-state index is 13.6. The predicted molar refractivity (Wildman–Crippen MR) is 488 cm³/mol. The molecule has 10 aromatic rings. The first-order chi connectivity index (χ1) is 61.8. The van der Waals surface area contributed by atoms with E-state index in [-0.39, 0.29) is 54.3 Å². The van der Waals surface area contributed by atoms with Gasteiger partial charge in [0.05, 0.1) is 59.0 Å². The topological polar surface area (TPSA) is 311 Å². The second kappa shape index (κ2) is 50.2. The fourth-order valence-electron chi connectivity index (χ4n) is 12.6. The molecule has 10 heterocycles. The van der Waals surface area contributed by atoms with Gasteiger partial charge in [0, 0.05) is 86.2 Å². The van der Waals surface area contributed by atoms with E-state index in [1.165, 1.54) is 21.8 Å². The average molecular weight is 1690 g/mol. The number of nitrogens with zero attached hydrogens (tertiary/aromatic N) is 10. The summed E-state index contributed by atoms with van der Waals surface area (Å²) in [6, 6.07) is 17.5. The number of halogens is 2. The molecule has 2 atom stereocenters. The lowest BCUT2D eigenvalue weighted by molar-refractivity contribution is -0.149. The van der Waals surface area contributed by atoms with Gasteiger partial charge in [-0.2, -0.15) is 20.4 Å². The molecular formula is C102H78F2N18O6. The maximum Gasteiger partial charge on any atom is 0.257 e. The lowest BCUT2D eigenvalue weighted by atomic mass is 9.76. The highest BCUT2D eigenvalue weighted by Gasteiger charge is 2.45. The number of H-pyrrole nitrogens is 4. The van der Waals surface area contributed by atoms with Crippen molar-refractivity contribution in [2.45, 2.75) is 142 Å². The van der Waals surface area contributed by atoms with Crippen LogP contribution in [0.15, 0.2) is 120 Å². The normalized spacial score (nSPS) is 14.2.